The quantitative estimate of drug-likeness (QED) is 0.789. The molecular formula is C20H23NO4S. The van der Waals surface area contributed by atoms with Crippen LogP contribution in [0.4, 0.5) is 0 Å². The number of carbonyl (C=O) groups excluding carboxylic acids is 1. The number of rotatable bonds is 6. The normalized spacial score (nSPS) is 12.9. The highest BCUT2D eigenvalue weighted by Crippen LogP contribution is 2.28. The smallest absolute Gasteiger partial charge is 0.266 e. The van der Waals surface area contributed by atoms with E-state index in [0.29, 0.717) is 27.3 Å². The Morgan fingerprint density at radius 1 is 1.31 bits per heavy atom. The topological polar surface area (TPSA) is 68.4 Å². The zero-order valence-corrected chi connectivity index (χ0v) is 16.2. The largest absolute Gasteiger partial charge is 0.493 e. The second-order valence-electron chi connectivity index (χ2n) is 6.70. The average Bonchev–Trinajstić information content (AvgIpc) is 2.91. The fourth-order valence-corrected chi connectivity index (χ4v) is 2.94. The van der Waals surface area contributed by atoms with Gasteiger partial charge < -0.3 is 14.5 Å². The molecule has 5 nitrogen and oxygen atoms in total. The summed E-state index contributed by atoms with van der Waals surface area (Å²) in [6.45, 7) is 9.52. The number of hydrogen-bond donors (Lipinski definition) is 1. The predicted octanol–water partition coefficient (Wildman–Crippen LogP) is 2.23. The summed E-state index contributed by atoms with van der Waals surface area (Å²) in [5.74, 6) is 1.14. The fraction of sp³-hybridized carbons (Fsp3) is 0.300. The molecule has 0 amide bonds. The first-order chi connectivity index (χ1) is 12.2. The summed E-state index contributed by atoms with van der Waals surface area (Å²) in [4.78, 5) is 27.0. The van der Waals surface area contributed by atoms with E-state index in [9.17, 15) is 9.59 Å². The summed E-state index contributed by atoms with van der Waals surface area (Å²) < 4.78 is 11.9. The second-order valence-corrected chi connectivity index (χ2v) is 7.78. The molecule has 0 radical (unpaired) electrons. The zero-order chi connectivity index (χ0) is 19.3. The Balaban J connectivity index is 2.42. The highest BCUT2D eigenvalue weighted by Gasteiger charge is 2.18. The van der Waals surface area contributed by atoms with Crippen LogP contribution in [0.3, 0.4) is 0 Å². The number of Topliss-reactive ketones (excluding diaryl/α,β-unsaturated/α-hetero) is 1. The lowest BCUT2D eigenvalue weighted by Crippen LogP contribution is -2.22. The molecule has 6 heteroatoms. The third-order valence-corrected chi connectivity index (χ3v) is 4.49. The van der Waals surface area contributed by atoms with Crippen LogP contribution >= 0.6 is 11.3 Å². The number of ether oxygens (including phenoxy) is 2. The van der Waals surface area contributed by atoms with Crippen molar-refractivity contribution in [2.24, 2.45) is 5.41 Å². The number of thiazole rings is 1. The van der Waals surface area contributed by atoms with Crippen LogP contribution in [0.2, 0.25) is 0 Å². The van der Waals surface area contributed by atoms with Crippen LogP contribution in [0.15, 0.2) is 35.6 Å². The maximum atomic E-state index is 12.2. The minimum atomic E-state index is -0.487. The van der Waals surface area contributed by atoms with E-state index in [2.05, 4.69) is 11.6 Å². The van der Waals surface area contributed by atoms with Crippen LogP contribution in [0.5, 0.6) is 11.5 Å². The summed E-state index contributed by atoms with van der Waals surface area (Å²) in [5, 5.41) is 0. The van der Waals surface area contributed by atoms with Gasteiger partial charge in [0, 0.05) is 11.5 Å². The molecule has 26 heavy (non-hydrogen) atoms. The Morgan fingerprint density at radius 2 is 2.04 bits per heavy atom. The Hall–Kier alpha value is -2.60. The number of benzene rings is 1. The third-order valence-electron chi connectivity index (χ3n) is 3.52. The van der Waals surface area contributed by atoms with E-state index in [4.69, 9.17) is 9.47 Å². The van der Waals surface area contributed by atoms with Gasteiger partial charge in [0.25, 0.3) is 5.56 Å². The first kappa shape index (κ1) is 19.7. The zero-order valence-electron chi connectivity index (χ0n) is 15.4. The van der Waals surface area contributed by atoms with Crippen LogP contribution < -0.4 is 24.2 Å². The van der Waals surface area contributed by atoms with Gasteiger partial charge >= 0.3 is 0 Å². The van der Waals surface area contributed by atoms with E-state index in [1.807, 2.05) is 26.8 Å². The van der Waals surface area contributed by atoms with Gasteiger partial charge in [-0.3, -0.25) is 9.59 Å². The number of hydrogen-bond acceptors (Lipinski definition) is 5. The van der Waals surface area contributed by atoms with Crippen molar-refractivity contribution >= 4 is 29.3 Å². The van der Waals surface area contributed by atoms with E-state index in [1.54, 1.807) is 31.4 Å². The summed E-state index contributed by atoms with van der Waals surface area (Å²) in [5.41, 5.74) is 0.0853. The van der Waals surface area contributed by atoms with Crippen molar-refractivity contribution in [1.29, 1.82) is 0 Å². The first-order valence-corrected chi connectivity index (χ1v) is 8.95. The second kappa shape index (κ2) is 8.19. The van der Waals surface area contributed by atoms with Crippen molar-refractivity contribution < 1.29 is 14.3 Å². The first-order valence-electron chi connectivity index (χ1n) is 8.13. The molecule has 1 heterocycles. The maximum absolute atomic E-state index is 12.2. The van der Waals surface area contributed by atoms with Crippen molar-refractivity contribution in [3.05, 3.63) is 56.0 Å². The molecule has 0 aliphatic carbocycles. The van der Waals surface area contributed by atoms with Gasteiger partial charge in [0.15, 0.2) is 17.3 Å². The number of H-pyrrole nitrogens is 1. The van der Waals surface area contributed by atoms with Gasteiger partial charge in [0.2, 0.25) is 0 Å². The number of ketones is 1. The Labute approximate surface area is 156 Å². The highest BCUT2D eigenvalue weighted by molar-refractivity contribution is 7.07. The van der Waals surface area contributed by atoms with Crippen molar-refractivity contribution in [2.45, 2.75) is 20.8 Å². The highest BCUT2D eigenvalue weighted by atomic mass is 32.1. The van der Waals surface area contributed by atoms with Crippen molar-refractivity contribution in [1.82, 2.24) is 4.98 Å². The molecule has 1 N–H and O–H groups in total. The Morgan fingerprint density at radius 3 is 2.65 bits per heavy atom. The monoisotopic (exact) mass is 373 g/mol. The minimum Gasteiger partial charge on any atom is -0.493 e. The molecule has 0 spiro atoms. The molecule has 0 aliphatic rings. The maximum Gasteiger partial charge on any atom is 0.266 e. The van der Waals surface area contributed by atoms with E-state index in [0.717, 1.165) is 5.56 Å². The number of nitrogens with one attached hydrogen (secondary N) is 1. The van der Waals surface area contributed by atoms with Crippen molar-refractivity contribution in [3.8, 4) is 11.5 Å². The molecule has 0 fully saturated rings. The third kappa shape index (κ3) is 4.95. The van der Waals surface area contributed by atoms with Crippen LogP contribution in [0.1, 0.15) is 26.3 Å². The van der Waals surface area contributed by atoms with Crippen molar-refractivity contribution in [3.63, 3.8) is 0 Å². The molecule has 1 aromatic heterocycles. The Bertz CT molecular complexity index is 976. The van der Waals surface area contributed by atoms with Gasteiger partial charge in [0.05, 0.1) is 16.3 Å². The van der Waals surface area contributed by atoms with Crippen LogP contribution in [0, 0.1) is 5.41 Å². The fourth-order valence-electron chi connectivity index (χ4n) is 2.05. The minimum absolute atomic E-state index is 0.0352. The summed E-state index contributed by atoms with van der Waals surface area (Å²) in [7, 11) is 1.56. The van der Waals surface area contributed by atoms with Crippen molar-refractivity contribution in [2.75, 3.05) is 13.7 Å². The number of aromatic amines is 1. The molecule has 138 valence electrons. The van der Waals surface area contributed by atoms with E-state index in [-0.39, 0.29) is 11.3 Å². The summed E-state index contributed by atoms with van der Waals surface area (Å²) >= 11 is 1.24. The number of aromatic nitrogens is 1. The van der Waals surface area contributed by atoms with Gasteiger partial charge in [-0.1, -0.05) is 39.5 Å². The van der Waals surface area contributed by atoms with Gasteiger partial charge in [-0.2, -0.15) is 0 Å². The molecule has 0 atom stereocenters. The molecule has 2 rings (SSSR count). The molecule has 2 aromatic rings. The molecular weight excluding hydrogens is 350 g/mol. The van der Waals surface area contributed by atoms with Crippen LogP contribution in [-0.4, -0.2) is 24.5 Å². The predicted molar refractivity (Wildman–Crippen MR) is 105 cm³/mol. The molecule has 0 unspecified atom stereocenters. The molecule has 0 aliphatic heterocycles. The number of methoxy groups -OCH3 is 1. The van der Waals surface area contributed by atoms with Gasteiger partial charge in [0.1, 0.15) is 6.61 Å². The standard InChI is InChI=1S/C20H23NO4S/c1-6-9-25-14-8-7-13(10-15(14)24-5)11-16-19(23)21-18(26-16)12-17(22)20(2,3)4/h6-8,10-12H,1,9H2,2-5H3,(H,21,23)/b16-11+,18-12+. The van der Waals surface area contributed by atoms with E-state index < -0.39 is 5.41 Å². The lowest BCUT2D eigenvalue weighted by molar-refractivity contribution is -0.119. The van der Waals surface area contributed by atoms with E-state index in [1.165, 1.54) is 17.4 Å². The van der Waals surface area contributed by atoms with Crippen LogP contribution in [-0.2, 0) is 4.79 Å². The molecule has 0 bridgehead atoms. The average molecular weight is 373 g/mol. The van der Waals surface area contributed by atoms with Gasteiger partial charge in [-0.25, -0.2) is 0 Å². The molecule has 0 saturated carbocycles. The van der Waals surface area contributed by atoms with E-state index >= 15 is 0 Å². The Kier molecular flexibility index (Phi) is 6.21. The van der Waals surface area contributed by atoms with Crippen LogP contribution in [0.25, 0.3) is 12.2 Å². The lowest BCUT2D eigenvalue weighted by atomic mass is 9.91. The van der Waals surface area contributed by atoms with Gasteiger partial charge in [-0.05, 0) is 23.8 Å². The lowest BCUT2D eigenvalue weighted by Gasteiger charge is -2.12. The molecule has 1 aromatic carbocycles. The molecule has 0 saturated heterocycles. The SMILES string of the molecule is C=CCOc1ccc(/C=c2/s/c(=C/C(=O)C(C)(C)C)[nH]c2=O)cc1OC. The van der Waals surface area contributed by atoms with Gasteiger partial charge in [-0.15, -0.1) is 11.3 Å². The summed E-state index contributed by atoms with van der Waals surface area (Å²) in [6.07, 6.45) is 4.89. The number of carbonyl (C=O) groups is 1. The summed E-state index contributed by atoms with van der Waals surface area (Å²) in [6, 6.07) is 5.41.